The number of aromatic nitrogens is 2. The zero-order valence-electron chi connectivity index (χ0n) is 16.9. The number of halogens is 2. The van der Waals surface area contributed by atoms with E-state index in [2.05, 4.69) is 10.3 Å². The molecular weight excluding hydrogens is 427 g/mol. The van der Waals surface area contributed by atoms with Gasteiger partial charge in [0.15, 0.2) is 11.6 Å². The first-order valence-electron chi connectivity index (χ1n) is 9.86. The summed E-state index contributed by atoms with van der Waals surface area (Å²) >= 11 is 6.30. The Balaban J connectivity index is 1.70. The average molecular weight is 451 g/mol. The number of nitrogens with two attached hydrogens (primary N) is 1. The minimum Gasteiger partial charge on any atom is -0.497 e. The number of ether oxygens (including phenoxy) is 2. The number of hydrogen-bond donors (Lipinski definition) is 4. The molecule has 4 rings (SSSR count). The van der Waals surface area contributed by atoms with Crippen molar-refractivity contribution in [3.8, 4) is 11.6 Å². The molecule has 0 radical (unpaired) electrons. The monoisotopic (exact) mass is 450 g/mol. The lowest BCUT2D eigenvalue weighted by Gasteiger charge is -2.29. The van der Waals surface area contributed by atoms with Crippen LogP contribution in [0.3, 0.4) is 0 Å². The number of pyridine rings is 1. The maximum absolute atomic E-state index is 15.3. The highest BCUT2D eigenvalue weighted by Gasteiger charge is 2.26. The largest absolute Gasteiger partial charge is 0.497 e. The molecule has 10 heteroatoms. The van der Waals surface area contributed by atoms with Crippen molar-refractivity contribution < 1.29 is 24.1 Å². The zero-order chi connectivity index (χ0) is 22.1. The Morgan fingerprint density at radius 1 is 1.42 bits per heavy atom. The van der Waals surface area contributed by atoms with Crippen LogP contribution in [0.15, 0.2) is 24.4 Å². The van der Waals surface area contributed by atoms with Gasteiger partial charge in [0.1, 0.15) is 10.9 Å². The number of nitrogens with zero attached hydrogens (tertiary/aromatic N) is 2. The molecule has 3 aromatic rings. The van der Waals surface area contributed by atoms with Gasteiger partial charge in [-0.15, -0.1) is 0 Å². The molecule has 31 heavy (non-hydrogen) atoms. The fraction of sp³-hybridized carbons (Fsp3) is 0.381. The van der Waals surface area contributed by atoms with Gasteiger partial charge >= 0.3 is 0 Å². The van der Waals surface area contributed by atoms with E-state index >= 15 is 4.39 Å². The van der Waals surface area contributed by atoms with Crippen molar-refractivity contribution in [1.82, 2.24) is 9.55 Å². The van der Waals surface area contributed by atoms with Crippen LogP contribution < -0.4 is 15.8 Å². The number of fused-ring (bicyclic) bond motifs is 1. The maximum Gasteiger partial charge on any atom is 0.202 e. The Labute approximate surface area is 183 Å². The molecule has 166 valence electrons. The normalized spacial score (nSPS) is 19.0. The molecule has 0 aliphatic carbocycles. The second-order valence-electron chi connectivity index (χ2n) is 7.51. The molecule has 1 aromatic carbocycles. The van der Waals surface area contributed by atoms with Gasteiger partial charge in [0.25, 0.3) is 0 Å². The topological polar surface area (TPSA) is 115 Å². The molecule has 2 aromatic heterocycles. The lowest BCUT2D eigenvalue weighted by atomic mass is 10.0. The van der Waals surface area contributed by atoms with Crippen LogP contribution in [0.2, 0.25) is 5.15 Å². The Morgan fingerprint density at radius 2 is 2.23 bits per heavy atom. The fourth-order valence-corrected chi connectivity index (χ4v) is 4.06. The van der Waals surface area contributed by atoms with Crippen LogP contribution in [0, 0.1) is 5.82 Å². The third kappa shape index (κ3) is 4.14. The van der Waals surface area contributed by atoms with Gasteiger partial charge in [0.2, 0.25) is 5.88 Å². The second kappa shape index (κ2) is 8.88. The van der Waals surface area contributed by atoms with E-state index in [-0.39, 0.29) is 52.9 Å². The summed E-state index contributed by atoms with van der Waals surface area (Å²) in [7, 11) is 1.54. The minimum atomic E-state index is -0.621. The van der Waals surface area contributed by atoms with Crippen molar-refractivity contribution in [2.75, 3.05) is 25.6 Å². The number of nitrogens with one attached hydrogen (secondary N) is 1. The molecule has 0 spiro atoms. The predicted octanol–water partition coefficient (Wildman–Crippen LogP) is 2.61. The predicted molar refractivity (Wildman–Crippen MR) is 115 cm³/mol. The van der Waals surface area contributed by atoms with Gasteiger partial charge in [0.05, 0.1) is 32.3 Å². The van der Waals surface area contributed by atoms with Crippen LogP contribution >= 0.6 is 11.6 Å². The molecule has 1 saturated heterocycles. The summed E-state index contributed by atoms with van der Waals surface area (Å²) in [4.78, 5) is 4.12. The fourth-order valence-electron chi connectivity index (χ4n) is 3.79. The van der Waals surface area contributed by atoms with Crippen molar-refractivity contribution in [3.63, 3.8) is 0 Å². The highest BCUT2D eigenvalue weighted by Crippen LogP contribution is 2.37. The number of aliphatic hydroxyl groups is 1. The molecule has 0 unspecified atom stereocenters. The lowest BCUT2D eigenvalue weighted by Crippen LogP contribution is -2.47. The third-order valence-electron chi connectivity index (χ3n) is 5.56. The number of benzene rings is 1. The lowest BCUT2D eigenvalue weighted by molar-refractivity contribution is 0.0751. The van der Waals surface area contributed by atoms with Crippen molar-refractivity contribution in [1.29, 1.82) is 0 Å². The molecule has 0 amide bonds. The van der Waals surface area contributed by atoms with Crippen LogP contribution in [0.5, 0.6) is 11.6 Å². The van der Waals surface area contributed by atoms with Gasteiger partial charge in [-0.3, -0.25) is 0 Å². The SMILES string of the molecule is COc1ccc(Cn2cc3c(F)c(N[C@@H]4CCOC[C@@H]4N)nc(Cl)c3c2O)c(CO)c1. The van der Waals surface area contributed by atoms with E-state index in [9.17, 15) is 10.2 Å². The van der Waals surface area contributed by atoms with Gasteiger partial charge in [0, 0.05) is 30.3 Å². The van der Waals surface area contributed by atoms with Crippen LogP contribution in [-0.4, -0.2) is 52.2 Å². The molecule has 5 N–H and O–H groups in total. The Bertz CT molecular complexity index is 1110. The van der Waals surface area contributed by atoms with E-state index in [1.807, 2.05) is 0 Å². The number of aromatic hydroxyl groups is 1. The van der Waals surface area contributed by atoms with E-state index < -0.39 is 5.82 Å². The third-order valence-corrected chi connectivity index (χ3v) is 5.83. The highest BCUT2D eigenvalue weighted by atomic mass is 35.5. The van der Waals surface area contributed by atoms with E-state index in [0.717, 1.165) is 5.56 Å². The number of anilines is 1. The number of rotatable bonds is 6. The van der Waals surface area contributed by atoms with Gasteiger partial charge in [-0.05, 0) is 29.7 Å². The van der Waals surface area contributed by atoms with Gasteiger partial charge in [-0.2, -0.15) is 0 Å². The summed E-state index contributed by atoms with van der Waals surface area (Å²) in [5.41, 5.74) is 7.43. The van der Waals surface area contributed by atoms with Crippen molar-refractivity contribution >= 4 is 28.2 Å². The molecule has 1 aliphatic heterocycles. The van der Waals surface area contributed by atoms with Crippen molar-refractivity contribution in [2.45, 2.75) is 31.7 Å². The molecular formula is C21H24ClFN4O4. The van der Waals surface area contributed by atoms with Crippen LogP contribution in [0.4, 0.5) is 10.2 Å². The minimum absolute atomic E-state index is 0.0162. The van der Waals surface area contributed by atoms with E-state index in [0.29, 0.717) is 30.9 Å². The first-order chi connectivity index (χ1) is 14.9. The number of aliphatic hydroxyl groups excluding tert-OH is 1. The van der Waals surface area contributed by atoms with Crippen LogP contribution in [0.1, 0.15) is 17.5 Å². The van der Waals surface area contributed by atoms with Crippen molar-refractivity contribution in [3.05, 3.63) is 46.5 Å². The van der Waals surface area contributed by atoms with Crippen molar-refractivity contribution in [2.24, 2.45) is 5.73 Å². The Morgan fingerprint density at radius 3 is 2.94 bits per heavy atom. The summed E-state index contributed by atoms with van der Waals surface area (Å²) in [6, 6.07) is 4.75. The molecule has 2 atom stereocenters. The standard InChI is InChI=1S/C21H24ClFN4O4/c1-30-13-3-2-11(12(6-13)9-28)7-27-8-14-17(21(27)29)19(22)26-20(18(14)23)25-16-4-5-31-10-15(16)24/h2-3,6,8,15-16,25,28-29H,4-5,7,9-10,24H2,1H3/t15-,16+/m0/s1. The summed E-state index contributed by atoms with van der Waals surface area (Å²) in [5.74, 6) is -0.239. The number of methoxy groups -OCH3 is 1. The summed E-state index contributed by atoms with van der Waals surface area (Å²) in [6.45, 7) is 0.893. The second-order valence-corrected chi connectivity index (χ2v) is 7.86. The summed E-state index contributed by atoms with van der Waals surface area (Å²) < 4.78 is 27.2. The molecule has 8 nitrogen and oxygen atoms in total. The molecule has 0 saturated carbocycles. The quantitative estimate of drug-likeness (QED) is 0.427. The van der Waals surface area contributed by atoms with E-state index in [1.165, 1.54) is 17.9 Å². The average Bonchev–Trinajstić information content (AvgIpc) is 3.10. The number of hydrogen-bond acceptors (Lipinski definition) is 7. The van der Waals surface area contributed by atoms with Gasteiger partial charge < -0.3 is 35.3 Å². The summed E-state index contributed by atoms with van der Waals surface area (Å²) in [6.07, 6.45) is 2.10. The van der Waals surface area contributed by atoms with Gasteiger partial charge in [-0.1, -0.05) is 17.7 Å². The smallest absolute Gasteiger partial charge is 0.202 e. The molecule has 0 bridgehead atoms. The van der Waals surface area contributed by atoms with E-state index in [4.69, 9.17) is 26.8 Å². The van der Waals surface area contributed by atoms with Gasteiger partial charge in [-0.25, -0.2) is 9.37 Å². The molecule has 1 fully saturated rings. The van der Waals surface area contributed by atoms with Crippen LogP contribution in [0.25, 0.3) is 10.8 Å². The van der Waals surface area contributed by atoms with E-state index in [1.54, 1.807) is 18.2 Å². The first kappa shape index (κ1) is 21.6. The highest BCUT2D eigenvalue weighted by molar-refractivity contribution is 6.35. The first-order valence-corrected chi connectivity index (χ1v) is 10.2. The molecule has 3 heterocycles. The molecule has 1 aliphatic rings. The maximum atomic E-state index is 15.3. The van der Waals surface area contributed by atoms with Crippen LogP contribution in [-0.2, 0) is 17.9 Å². The zero-order valence-corrected chi connectivity index (χ0v) is 17.7. The Hall–Kier alpha value is -2.59. The summed E-state index contributed by atoms with van der Waals surface area (Å²) in [5, 5.41) is 23.7. The Kier molecular flexibility index (Phi) is 6.19.